The fourth-order valence-corrected chi connectivity index (χ4v) is 1.00. The first kappa shape index (κ1) is 16.1. The van der Waals surface area contributed by atoms with Gasteiger partial charge in [-0.25, -0.2) is 4.79 Å². The van der Waals surface area contributed by atoms with Crippen LogP contribution in [0.5, 0.6) is 0 Å². The Balaban J connectivity index is 0. The van der Waals surface area contributed by atoms with Crippen LogP contribution in [-0.4, -0.2) is 29.2 Å². The zero-order valence-corrected chi connectivity index (χ0v) is 11.8. The molecule has 0 atom stereocenters. The number of hydrogen-bond acceptors (Lipinski definition) is 1. The van der Waals surface area contributed by atoms with Gasteiger partial charge in [0.1, 0.15) is 0 Å². The Morgan fingerprint density at radius 2 is 1.54 bits per heavy atom. The normalized spacial score (nSPS) is 9.08. The Kier molecular flexibility index (Phi) is 13.2. The van der Waals surface area contributed by atoms with Crippen molar-refractivity contribution in [1.82, 2.24) is 4.90 Å². The van der Waals surface area contributed by atoms with Crippen LogP contribution in [0.25, 0.3) is 0 Å². The van der Waals surface area contributed by atoms with E-state index in [0.29, 0.717) is 13.1 Å². The van der Waals surface area contributed by atoms with Gasteiger partial charge in [0.15, 0.2) is 0 Å². The summed E-state index contributed by atoms with van der Waals surface area (Å²) in [5, 5.41) is 8.75. The van der Waals surface area contributed by atoms with Gasteiger partial charge in [-0.1, -0.05) is 26.7 Å². The van der Waals surface area contributed by atoms with E-state index in [0.717, 1.165) is 25.7 Å². The molecular weight excluding hydrogens is 298 g/mol. The van der Waals surface area contributed by atoms with Crippen molar-refractivity contribution in [3.05, 3.63) is 0 Å². The van der Waals surface area contributed by atoms with Gasteiger partial charge in [-0.3, -0.25) is 0 Å². The van der Waals surface area contributed by atoms with Gasteiger partial charge < -0.3 is 10.0 Å². The summed E-state index contributed by atoms with van der Waals surface area (Å²) in [5.74, 6) is 0. The van der Waals surface area contributed by atoms with Gasteiger partial charge in [-0.15, -0.1) is 0 Å². The number of unbranched alkanes of at least 4 members (excludes halogenated alkanes) is 2. The Bertz CT molecular complexity index is 123. The van der Waals surface area contributed by atoms with Gasteiger partial charge in [-0.2, -0.15) is 0 Å². The first-order chi connectivity index (χ1) is 5.72. The molecule has 0 fully saturated rings. The van der Waals surface area contributed by atoms with Crippen molar-refractivity contribution in [1.29, 1.82) is 0 Å². The molecule has 13 heavy (non-hydrogen) atoms. The summed E-state index contributed by atoms with van der Waals surface area (Å²) in [5.41, 5.74) is 0. The summed E-state index contributed by atoms with van der Waals surface area (Å²) in [6.45, 7) is 5.51. The number of carboxylic acid groups (broad SMARTS) is 1. The van der Waals surface area contributed by atoms with Gasteiger partial charge in [0.25, 0.3) is 0 Å². The molecule has 0 rings (SSSR count). The zero-order chi connectivity index (χ0) is 9.40. The molecule has 0 radical (unpaired) electrons. The maximum absolute atomic E-state index is 10.6. The van der Waals surface area contributed by atoms with Crippen LogP contribution in [-0.2, 0) is 0 Å². The minimum Gasteiger partial charge on any atom is -0.465 e. The molecule has 0 spiro atoms. The fraction of sp³-hybridized carbons (Fsp3) is 0.889. The van der Waals surface area contributed by atoms with E-state index in [9.17, 15) is 4.79 Å². The van der Waals surface area contributed by atoms with Crippen LogP contribution in [0.3, 0.4) is 0 Å². The molecule has 3 nitrogen and oxygen atoms in total. The van der Waals surface area contributed by atoms with E-state index < -0.39 is 6.09 Å². The van der Waals surface area contributed by atoms with Crippen molar-refractivity contribution in [2.24, 2.45) is 0 Å². The van der Waals surface area contributed by atoms with Gasteiger partial charge in [0, 0.05) is 53.9 Å². The van der Waals surface area contributed by atoms with Crippen molar-refractivity contribution >= 4 is 6.09 Å². The van der Waals surface area contributed by atoms with E-state index in [1.807, 2.05) is 0 Å². The molecule has 0 aromatic carbocycles. The molecule has 0 unspecified atom stereocenters. The largest absolute Gasteiger partial charge is 0.465 e. The summed E-state index contributed by atoms with van der Waals surface area (Å²) in [6.07, 6.45) is 3.26. The van der Waals surface area contributed by atoms with E-state index in [1.165, 1.54) is 4.90 Å². The molecule has 0 heterocycles. The zero-order valence-electron chi connectivity index (χ0n) is 8.55. The smallest absolute Gasteiger partial charge is 0.407 e. The molecular formula is C9H19NNdO2. The number of carbonyl (C=O) groups is 1. The summed E-state index contributed by atoms with van der Waals surface area (Å²) in [7, 11) is 0. The molecule has 1 N–H and O–H groups in total. The average Bonchev–Trinajstić information content (AvgIpc) is 2.04. The van der Waals surface area contributed by atoms with Gasteiger partial charge >= 0.3 is 6.09 Å². The Morgan fingerprint density at radius 1 is 1.15 bits per heavy atom. The summed E-state index contributed by atoms with van der Waals surface area (Å²) < 4.78 is 0. The van der Waals surface area contributed by atoms with Crippen molar-refractivity contribution in [3.63, 3.8) is 0 Å². The van der Waals surface area contributed by atoms with Crippen LogP contribution in [0.1, 0.15) is 39.5 Å². The predicted octanol–water partition coefficient (Wildman–Crippen LogP) is 2.57. The number of rotatable bonds is 6. The summed E-state index contributed by atoms with van der Waals surface area (Å²) in [6, 6.07) is 0. The maximum Gasteiger partial charge on any atom is 0.407 e. The van der Waals surface area contributed by atoms with Crippen LogP contribution in [0.4, 0.5) is 4.79 Å². The first-order valence-corrected chi connectivity index (χ1v) is 4.70. The Hall–Kier alpha value is 0.621. The van der Waals surface area contributed by atoms with E-state index in [-0.39, 0.29) is 40.8 Å². The molecule has 0 bridgehead atoms. The predicted molar refractivity (Wildman–Crippen MR) is 49.4 cm³/mol. The monoisotopic (exact) mass is 315 g/mol. The van der Waals surface area contributed by atoms with Gasteiger partial charge in [0.2, 0.25) is 0 Å². The third kappa shape index (κ3) is 8.94. The molecule has 76 valence electrons. The Labute approximate surface area is 113 Å². The number of hydrogen-bond donors (Lipinski definition) is 1. The van der Waals surface area contributed by atoms with E-state index in [2.05, 4.69) is 13.8 Å². The first-order valence-electron chi connectivity index (χ1n) is 4.70. The minimum absolute atomic E-state index is 0. The van der Waals surface area contributed by atoms with Crippen LogP contribution >= 0.6 is 0 Å². The minimum atomic E-state index is -0.781. The fourth-order valence-electron chi connectivity index (χ4n) is 1.00. The second-order valence-corrected chi connectivity index (χ2v) is 2.98. The third-order valence-corrected chi connectivity index (χ3v) is 1.83. The maximum atomic E-state index is 10.6. The summed E-state index contributed by atoms with van der Waals surface area (Å²) >= 11 is 0. The molecule has 0 aromatic heterocycles. The number of amides is 1. The van der Waals surface area contributed by atoms with Crippen molar-refractivity contribution < 1.29 is 50.7 Å². The van der Waals surface area contributed by atoms with E-state index >= 15 is 0 Å². The molecule has 0 aliphatic carbocycles. The second kappa shape index (κ2) is 10.7. The molecule has 0 aliphatic heterocycles. The van der Waals surface area contributed by atoms with Crippen molar-refractivity contribution in [2.75, 3.05) is 13.1 Å². The van der Waals surface area contributed by atoms with E-state index in [4.69, 9.17) is 5.11 Å². The third-order valence-electron chi connectivity index (χ3n) is 1.83. The Morgan fingerprint density at radius 3 is 1.77 bits per heavy atom. The van der Waals surface area contributed by atoms with Gasteiger partial charge in [-0.05, 0) is 12.8 Å². The average molecular weight is 317 g/mol. The summed E-state index contributed by atoms with van der Waals surface area (Å²) in [4.78, 5) is 12.1. The molecule has 0 saturated carbocycles. The van der Waals surface area contributed by atoms with Gasteiger partial charge in [0.05, 0.1) is 0 Å². The molecule has 0 saturated heterocycles. The van der Waals surface area contributed by atoms with E-state index in [1.54, 1.807) is 0 Å². The molecule has 0 aromatic rings. The van der Waals surface area contributed by atoms with Crippen molar-refractivity contribution in [3.8, 4) is 0 Å². The quantitative estimate of drug-likeness (QED) is 0.818. The van der Waals surface area contributed by atoms with Crippen LogP contribution in [0.2, 0.25) is 0 Å². The standard InChI is InChI=1S/C9H19NO2.Nd/c1-3-5-7-10(9(11)12)8-6-4-2;/h3-8H2,1-2H3,(H,11,12);. The van der Waals surface area contributed by atoms with Crippen LogP contribution in [0.15, 0.2) is 0 Å². The van der Waals surface area contributed by atoms with Crippen LogP contribution < -0.4 is 0 Å². The molecule has 0 aliphatic rings. The number of nitrogens with zero attached hydrogens (tertiary/aromatic N) is 1. The van der Waals surface area contributed by atoms with Crippen LogP contribution in [0, 0.1) is 40.8 Å². The van der Waals surface area contributed by atoms with Crippen molar-refractivity contribution in [2.45, 2.75) is 39.5 Å². The topological polar surface area (TPSA) is 40.5 Å². The second-order valence-electron chi connectivity index (χ2n) is 2.98. The molecule has 4 heteroatoms. The SMILES string of the molecule is CCCCN(CCCC)C(=O)O.[Nd]. The molecule has 1 amide bonds.